The highest BCUT2D eigenvalue weighted by Crippen LogP contribution is 2.30. The van der Waals surface area contributed by atoms with E-state index in [1.807, 2.05) is 0 Å². The molecule has 0 saturated heterocycles. The number of nitrogens with two attached hydrogens (primary N) is 1. The first-order valence-electron chi connectivity index (χ1n) is 4.65. The Morgan fingerprint density at radius 1 is 1.64 bits per heavy atom. The number of aromatic nitrogens is 1. The topological polar surface area (TPSA) is 65.2 Å². The molecule has 0 spiro atoms. The number of nitrogens with zero attached hydrogens (tertiary/aromatic N) is 1. The summed E-state index contributed by atoms with van der Waals surface area (Å²) in [6.07, 6.45) is 4.64. The van der Waals surface area contributed by atoms with E-state index in [1.54, 1.807) is 12.3 Å². The van der Waals surface area contributed by atoms with Crippen molar-refractivity contribution in [3.63, 3.8) is 0 Å². The van der Waals surface area contributed by atoms with Gasteiger partial charge < -0.3 is 10.5 Å². The van der Waals surface area contributed by atoms with Gasteiger partial charge in [0.2, 0.25) is 0 Å². The van der Waals surface area contributed by atoms with Crippen LogP contribution in [0, 0.1) is 0 Å². The highest BCUT2D eigenvalue weighted by molar-refractivity contribution is 5.77. The number of rotatable bonds is 4. The van der Waals surface area contributed by atoms with E-state index in [0.717, 1.165) is 18.4 Å². The molecule has 4 heteroatoms. The molecule has 1 aromatic rings. The van der Waals surface area contributed by atoms with E-state index >= 15 is 0 Å². The Morgan fingerprint density at radius 2 is 2.43 bits per heavy atom. The Labute approximate surface area is 82.1 Å². The zero-order valence-corrected chi connectivity index (χ0v) is 7.77. The van der Waals surface area contributed by atoms with Crippen LogP contribution in [0.25, 0.3) is 0 Å². The average molecular weight is 192 g/mol. The van der Waals surface area contributed by atoms with Gasteiger partial charge in [0.05, 0.1) is 6.10 Å². The fourth-order valence-corrected chi connectivity index (χ4v) is 1.24. The predicted molar refractivity (Wildman–Crippen MR) is 51.2 cm³/mol. The molecule has 0 atom stereocenters. The van der Waals surface area contributed by atoms with Crippen molar-refractivity contribution in [1.82, 2.24) is 4.98 Å². The third kappa shape index (κ3) is 1.75. The number of hydrogen-bond donors (Lipinski definition) is 1. The van der Waals surface area contributed by atoms with Crippen LogP contribution < -0.4 is 10.5 Å². The van der Waals surface area contributed by atoms with E-state index in [4.69, 9.17) is 10.5 Å². The van der Waals surface area contributed by atoms with Crippen LogP contribution in [-0.4, -0.2) is 17.4 Å². The molecule has 1 aliphatic rings. The maximum Gasteiger partial charge on any atom is 0.172 e. The smallest absolute Gasteiger partial charge is 0.172 e. The van der Waals surface area contributed by atoms with E-state index in [9.17, 15) is 4.79 Å². The number of carbonyl (C=O) groups is 1. The van der Waals surface area contributed by atoms with Crippen LogP contribution in [0.5, 0.6) is 5.75 Å². The van der Waals surface area contributed by atoms with Gasteiger partial charge in [-0.25, -0.2) is 4.98 Å². The summed E-state index contributed by atoms with van der Waals surface area (Å²) >= 11 is 0. The highest BCUT2D eigenvalue weighted by atomic mass is 16.5. The van der Waals surface area contributed by atoms with Gasteiger partial charge in [-0.05, 0) is 18.9 Å². The van der Waals surface area contributed by atoms with E-state index < -0.39 is 0 Å². The summed E-state index contributed by atoms with van der Waals surface area (Å²) in [6.45, 7) is 0.366. The van der Waals surface area contributed by atoms with Gasteiger partial charge in [-0.1, -0.05) is 0 Å². The number of carbonyl (C=O) groups excluding carboxylic acids is 1. The summed E-state index contributed by atoms with van der Waals surface area (Å²) in [6, 6.07) is 1.78. The Balaban J connectivity index is 2.33. The lowest BCUT2D eigenvalue weighted by Crippen LogP contribution is -2.07. The van der Waals surface area contributed by atoms with E-state index in [1.165, 1.54) is 0 Å². The van der Waals surface area contributed by atoms with E-state index in [0.29, 0.717) is 24.3 Å². The summed E-state index contributed by atoms with van der Waals surface area (Å²) in [5.74, 6) is 0.563. The molecule has 0 radical (unpaired) electrons. The van der Waals surface area contributed by atoms with Crippen LogP contribution in [0.3, 0.4) is 0 Å². The molecule has 1 saturated carbocycles. The number of hydrogen-bond acceptors (Lipinski definition) is 4. The minimum absolute atomic E-state index is 0.253. The van der Waals surface area contributed by atoms with Gasteiger partial charge in [0, 0.05) is 18.3 Å². The lowest BCUT2D eigenvalue weighted by atomic mass is 10.2. The van der Waals surface area contributed by atoms with Gasteiger partial charge in [-0.2, -0.15) is 0 Å². The minimum Gasteiger partial charge on any atom is -0.488 e. The molecule has 14 heavy (non-hydrogen) atoms. The van der Waals surface area contributed by atoms with Crippen molar-refractivity contribution >= 4 is 6.29 Å². The quantitative estimate of drug-likeness (QED) is 0.719. The summed E-state index contributed by atoms with van der Waals surface area (Å²) in [4.78, 5) is 14.7. The van der Waals surface area contributed by atoms with Crippen molar-refractivity contribution < 1.29 is 9.53 Å². The van der Waals surface area contributed by atoms with Crippen molar-refractivity contribution in [2.75, 3.05) is 0 Å². The van der Waals surface area contributed by atoms with Gasteiger partial charge in [0.25, 0.3) is 0 Å². The number of aldehydes is 1. The van der Waals surface area contributed by atoms with Crippen LogP contribution in [0.1, 0.15) is 28.9 Å². The SMILES string of the molecule is NCc1ccnc(C=O)c1OC1CC1. The standard InChI is InChI=1S/C10H12N2O2/c11-5-7-3-4-12-9(6-13)10(7)14-8-1-2-8/h3-4,6,8H,1-2,5,11H2. The van der Waals surface area contributed by atoms with Crippen molar-refractivity contribution in [3.8, 4) is 5.75 Å². The molecule has 2 rings (SSSR count). The first-order valence-corrected chi connectivity index (χ1v) is 4.65. The lowest BCUT2D eigenvalue weighted by molar-refractivity contribution is 0.111. The average Bonchev–Trinajstić information content (AvgIpc) is 3.02. The van der Waals surface area contributed by atoms with Crippen LogP contribution in [0.2, 0.25) is 0 Å². The molecule has 1 heterocycles. The Kier molecular flexibility index (Phi) is 2.45. The molecule has 4 nitrogen and oxygen atoms in total. The monoisotopic (exact) mass is 192 g/mol. The highest BCUT2D eigenvalue weighted by Gasteiger charge is 2.25. The Morgan fingerprint density at radius 3 is 3.00 bits per heavy atom. The maximum absolute atomic E-state index is 10.7. The fraction of sp³-hybridized carbons (Fsp3) is 0.400. The van der Waals surface area contributed by atoms with Crippen molar-refractivity contribution in [2.45, 2.75) is 25.5 Å². The second kappa shape index (κ2) is 3.75. The predicted octanol–water partition coefficient (Wildman–Crippen LogP) is 0.894. The Hall–Kier alpha value is -1.42. The summed E-state index contributed by atoms with van der Waals surface area (Å²) < 4.78 is 5.60. The summed E-state index contributed by atoms with van der Waals surface area (Å²) in [7, 11) is 0. The summed E-state index contributed by atoms with van der Waals surface area (Å²) in [5.41, 5.74) is 6.74. The third-order valence-electron chi connectivity index (χ3n) is 2.15. The third-order valence-corrected chi connectivity index (χ3v) is 2.15. The number of ether oxygens (including phenoxy) is 1. The molecule has 0 aromatic carbocycles. The van der Waals surface area contributed by atoms with E-state index in [2.05, 4.69) is 4.98 Å². The van der Waals surface area contributed by atoms with E-state index in [-0.39, 0.29) is 6.10 Å². The van der Waals surface area contributed by atoms with Crippen molar-refractivity contribution in [3.05, 3.63) is 23.5 Å². The first-order chi connectivity index (χ1) is 6.85. The molecule has 2 N–H and O–H groups in total. The zero-order valence-electron chi connectivity index (χ0n) is 7.77. The number of pyridine rings is 1. The Bertz CT molecular complexity index is 348. The lowest BCUT2D eigenvalue weighted by Gasteiger charge is -2.10. The van der Waals surface area contributed by atoms with Crippen molar-refractivity contribution in [1.29, 1.82) is 0 Å². The fourth-order valence-electron chi connectivity index (χ4n) is 1.24. The van der Waals surface area contributed by atoms with Crippen molar-refractivity contribution in [2.24, 2.45) is 5.73 Å². The van der Waals surface area contributed by atoms with Gasteiger partial charge in [-0.15, -0.1) is 0 Å². The largest absolute Gasteiger partial charge is 0.488 e. The normalized spacial score (nSPS) is 15.2. The molecule has 0 amide bonds. The molecule has 1 aliphatic carbocycles. The first kappa shape index (κ1) is 9.15. The zero-order chi connectivity index (χ0) is 9.97. The summed E-state index contributed by atoms with van der Waals surface area (Å²) in [5, 5.41) is 0. The molecule has 1 aromatic heterocycles. The minimum atomic E-state index is 0.253. The van der Waals surface area contributed by atoms with Gasteiger partial charge in [-0.3, -0.25) is 4.79 Å². The van der Waals surface area contributed by atoms with Crippen LogP contribution >= 0.6 is 0 Å². The van der Waals surface area contributed by atoms with Crippen LogP contribution in [0.15, 0.2) is 12.3 Å². The second-order valence-electron chi connectivity index (χ2n) is 3.32. The maximum atomic E-state index is 10.7. The van der Waals surface area contributed by atoms with Gasteiger partial charge in [0.15, 0.2) is 12.0 Å². The molecule has 74 valence electrons. The van der Waals surface area contributed by atoms with Gasteiger partial charge in [0.1, 0.15) is 5.69 Å². The molecule has 0 bridgehead atoms. The van der Waals surface area contributed by atoms with Crippen LogP contribution in [0.4, 0.5) is 0 Å². The molecular weight excluding hydrogens is 180 g/mol. The molecule has 1 fully saturated rings. The van der Waals surface area contributed by atoms with Crippen LogP contribution in [-0.2, 0) is 6.54 Å². The molecule has 0 unspecified atom stereocenters. The molecular formula is C10H12N2O2. The molecule has 0 aliphatic heterocycles. The second-order valence-corrected chi connectivity index (χ2v) is 3.32. The van der Waals surface area contributed by atoms with Gasteiger partial charge >= 0.3 is 0 Å².